The lowest BCUT2D eigenvalue weighted by Gasteiger charge is -2.26. The van der Waals surface area contributed by atoms with Gasteiger partial charge in [0.05, 0.1) is 7.11 Å². The molecule has 0 radical (unpaired) electrons. The Hall–Kier alpha value is -3.54. The van der Waals surface area contributed by atoms with Crippen molar-refractivity contribution >= 4 is 17.5 Å². The summed E-state index contributed by atoms with van der Waals surface area (Å²) in [4.78, 5) is 27.3. The molecule has 1 N–H and O–H groups in total. The zero-order chi connectivity index (χ0) is 25.9. The molecule has 4 rings (SSSR count). The SMILES string of the molecule is COc1cccc(C(=O)N2CCc3oc(-c4ccc(NC(=O)CC(C)CC(C)(C)C)cc4)cc3C2)c1. The van der Waals surface area contributed by atoms with Gasteiger partial charge in [-0.1, -0.05) is 33.8 Å². The van der Waals surface area contributed by atoms with Crippen molar-refractivity contribution in [2.75, 3.05) is 19.0 Å². The molecule has 190 valence electrons. The molecule has 1 aliphatic rings. The van der Waals surface area contributed by atoms with Crippen molar-refractivity contribution in [3.8, 4) is 17.1 Å². The number of rotatable bonds is 7. The van der Waals surface area contributed by atoms with E-state index in [2.05, 4.69) is 33.0 Å². The first-order valence-corrected chi connectivity index (χ1v) is 12.6. The molecule has 1 unspecified atom stereocenters. The molecular formula is C30H36N2O4. The predicted octanol–water partition coefficient (Wildman–Crippen LogP) is 6.55. The third-order valence-corrected chi connectivity index (χ3v) is 6.42. The Balaban J connectivity index is 1.38. The Bertz CT molecular complexity index is 1220. The minimum atomic E-state index is -0.0146. The maximum Gasteiger partial charge on any atom is 0.254 e. The Morgan fingerprint density at radius 1 is 1.11 bits per heavy atom. The van der Waals surface area contributed by atoms with E-state index in [1.54, 1.807) is 13.2 Å². The van der Waals surface area contributed by atoms with Crippen molar-refractivity contribution in [3.05, 3.63) is 71.5 Å². The lowest BCUT2D eigenvalue weighted by atomic mass is 9.84. The van der Waals surface area contributed by atoms with Crippen LogP contribution in [0.15, 0.2) is 59.0 Å². The molecule has 0 saturated carbocycles. The van der Waals surface area contributed by atoms with Gasteiger partial charge in [0.25, 0.3) is 5.91 Å². The van der Waals surface area contributed by atoms with E-state index in [4.69, 9.17) is 9.15 Å². The highest BCUT2D eigenvalue weighted by Crippen LogP contribution is 2.31. The number of carbonyl (C=O) groups excluding carboxylic acids is 2. The van der Waals surface area contributed by atoms with E-state index in [1.165, 1.54) is 0 Å². The molecule has 0 spiro atoms. The van der Waals surface area contributed by atoms with Crippen LogP contribution in [0, 0.1) is 11.3 Å². The fourth-order valence-corrected chi connectivity index (χ4v) is 4.95. The number of benzene rings is 2. The van der Waals surface area contributed by atoms with Gasteiger partial charge in [-0.15, -0.1) is 0 Å². The van der Waals surface area contributed by atoms with Crippen LogP contribution in [0.3, 0.4) is 0 Å². The average molecular weight is 489 g/mol. The molecule has 6 nitrogen and oxygen atoms in total. The number of ether oxygens (including phenoxy) is 1. The minimum absolute atomic E-state index is 0.0146. The third kappa shape index (κ3) is 6.36. The molecule has 1 aromatic heterocycles. The summed E-state index contributed by atoms with van der Waals surface area (Å²) in [6.07, 6.45) is 2.19. The van der Waals surface area contributed by atoms with E-state index < -0.39 is 0 Å². The van der Waals surface area contributed by atoms with E-state index >= 15 is 0 Å². The standard InChI is InChI=1S/C30H36N2O4/c1-20(18-30(2,3)4)15-28(33)31-24-11-9-21(10-12-24)27-17-23-19-32(14-13-26(23)36-27)29(34)22-7-6-8-25(16-22)35-5/h6-12,16-17,20H,13-15,18-19H2,1-5H3,(H,31,33). The van der Waals surface area contributed by atoms with Gasteiger partial charge in [-0.05, 0) is 66.3 Å². The molecular weight excluding hydrogens is 452 g/mol. The van der Waals surface area contributed by atoms with Gasteiger partial charge in [0, 0.05) is 48.3 Å². The Morgan fingerprint density at radius 3 is 2.56 bits per heavy atom. The van der Waals surface area contributed by atoms with Gasteiger partial charge in [0.15, 0.2) is 0 Å². The van der Waals surface area contributed by atoms with Crippen LogP contribution >= 0.6 is 0 Å². The molecule has 0 aliphatic carbocycles. The smallest absolute Gasteiger partial charge is 0.254 e. The number of hydrogen-bond donors (Lipinski definition) is 1. The number of amides is 2. The highest BCUT2D eigenvalue weighted by atomic mass is 16.5. The lowest BCUT2D eigenvalue weighted by molar-refractivity contribution is -0.117. The molecule has 6 heteroatoms. The molecule has 2 amide bonds. The van der Waals surface area contributed by atoms with Crippen LogP contribution in [0.4, 0.5) is 5.69 Å². The summed E-state index contributed by atoms with van der Waals surface area (Å²) in [7, 11) is 1.60. The molecule has 0 saturated heterocycles. The fraction of sp³-hybridized carbons (Fsp3) is 0.400. The molecule has 1 atom stereocenters. The van der Waals surface area contributed by atoms with Gasteiger partial charge in [0.1, 0.15) is 17.3 Å². The fourth-order valence-electron chi connectivity index (χ4n) is 4.95. The molecule has 0 bridgehead atoms. The maximum absolute atomic E-state index is 13.0. The summed E-state index contributed by atoms with van der Waals surface area (Å²) < 4.78 is 11.4. The van der Waals surface area contributed by atoms with E-state index in [0.29, 0.717) is 43.2 Å². The van der Waals surface area contributed by atoms with Crippen molar-refractivity contribution in [3.63, 3.8) is 0 Å². The minimum Gasteiger partial charge on any atom is -0.497 e. The Labute approximate surface area is 213 Å². The van der Waals surface area contributed by atoms with Gasteiger partial charge >= 0.3 is 0 Å². The van der Waals surface area contributed by atoms with Crippen LogP contribution in [0.5, 0.6) is 5.75 Å². The number of methoxy groups -OCH3 is 1. The van der Waals surface area contributed by atoms with Gasteiger partial charge in [-0.2, -0.15) is 0 Å². The van der Waals surface area contributed by atoms with Crippen LogP contribution in [0.25, 0.3) is 11.3 Å². The normalized spacial score (nSPS) is 14.2. The van der Waals surface area contributed by atoms with Crippen molar-refractivity contribution in [1.29, 1.82) is 0 Å². The second-order valence-corrected chi connectivity index (χ2v) is 11.0. The first kappa shape index (κ1) is 25.5. The molecule has 36 heavy (non-hydrogen) atoms. The van der Waals surface area contributed by atoms with Gasteiger partial charge in [-0.25, -0.2) is 0 Å². The lowest BCUT2D eigenvalue weighted by Crippen LogP contribution is -2.35. The summed E-state index contributed by atoms with van der Waals surface area (Å²) in [6.45, 7) is 9.83. The summed E-state index contributed by atoms with van der Waals surface area (Å²) in [6, 6.07) is 17.0. The number of hydrogen-bond acceptors (Lipinski definition) is 4. The summed E-state index contributed by atoms with van der Waals surface area (Å²) >= 11 is 0. The Kier molecular flexibility index (Phi) is 7.53. The topological polar surface area (TPSA) is 71.8 Å². The van der Waals surface area contributed by atoms with Gasteiger partial charge in [0.2, 0.25) is 5.91 Å². The second-order valence-electron chi connectivity index (χ2n) is 11.0. The average Bonchev–Trinajstić information content (AvgIpc) is 3.26. The number of anilines is 1. The number of furan rings is 1. The number of carbonyl (C=O) groups is 2. The molecule has 2 aromatic carbocycles. The molecule has 2 heterocycles. The zero-order valence-electron chi connectivity index (χ0n) is 21.9. The first-order chi connectivity index (χ1) is 17.1. The van der Waals surface area contributed by atoms with Gasteiger partial charge < -0.3 is 19.4 Å². The molecule has 1 aliphatic heterocycles. The Morgan fingerprint density at radius 2 is 1.86 bits per heavy atom. The van der Waals surface area contributed by atoms with Crippen LogP contribution in [0.2, 0.25) is 0 Å². The van der Waals surface area contributed by atoms with Crippen LogP contribution < -0.4 is 10.1 Å². The summed E-state index contributed by atoms with van der Waals surface area (Å²) in [5.41, 5.74) is 3.57. The van der Waals surface area contributed by atoms with E-state index in [9.17, 15) is 9.59 Å². The predicted molar refractivity (Wildman–Crippen MR) is 142 cm³/mol. The third-order valence-electron chi connectivity index (χ3n) is 6.42. The zero-order valence-corrected chi connectivity index (χ0v) is 21.9. The first-order valence-electron chi connectivity index (χ1n) is 12.6. The summed E-state index contributed by atoms with van der Waals surface area (Å²) in [5, 5.41) is 3.01. The maximum atomic E-state index is 13.0. The van der Waals surface area contributed by atoms with E-state index in [-0.39, 0.29) is 17.2 Å². The van der Waals surface area contributed by atoms with Crippen molar-refractivity contribution < 1.29 is 18.7 Å². The highest BCUT2D eigenvalue weighted by Gasteiger charge is 2.25. The number of fused-ring (bicyclic) bond motifs is 1. The quantitative estimate of drug-likeness (QED) is 0.409. The molecule has 3 aromatic rings. The molecule has 0 fully saturated rings. The van der Waals surface area contributed by atoms with Crippen LogP contribution in [-0.4, -0.2) is 30.4 Å². The van der Waals surface area contributed by atoms with Crippen molar-refractivity contribution in [1.82, 2.24) is 4.90 Å². The number of nitrogens with one attached hydrogen (secondary N) is 1. The summed E-state index contributed by atoms with van der Waals surface area (Å²) in [5.74, 6) is 2.71. The van der Waals surface area contributed by atoms with E-state index in [1.807, 2.05) is 53.4 Å². The van der Waals surface area contributed by atoms with Crippen LogP contribution in [-0.2, 0) is 17.8 Å². The van der Waals surface area contributed by atoms with Crippen molar-refractivity contribution in [2.24, 2.45) is 11.3 Å². The largest absolute Gasteiger partial charge is 0.497 e. The van der Waals surface area contributed by atoms with Crippen LogP contribution in [0.1, 0.15) is 62.2 Å². The number of nitrogens with zero attached hydrogens (tertiary/aromatic N) is 1. The monoisotopic (exact) mass is 488 g/mol. The second kappa shape index (κ2) is 10.6. The highest BCUT2D eigenvalue weighted by molar-refractivity contribution is 5.94. The van der Waals surface area contributed by atoms with Crippen molar-refractivity contribution in [2.45, 2.75) is 53.5 Å². The van der Waals surface area contributed by atoms with Gasteiger partial charge in [-0.3, -0.25) is 9.59 Å². The van der Waals surface area contributed by atoms with E-state index in [0.717, 1.165) is 34.8 Å².